The fraction of sp³-hybridized carbons (Fsp3) is 0.538. The molecule has 3 rings (SSSR count). The largest absolute Gasteiger partial charge is 0.240 e. The Morgan fingerprint density at radius 2 is 1.41 bits per heavy atom. The molecule has 0 aromatic heterocycles. The molecule has 0 amide bonds. The second kappa shape index (κ2) is 3.53. The molecule has 1 aromatic carbocycles. The summed E-state index contributed by atoms with van der Waals surface area (Å²) in [5, 5.41) is 0. The van der Waals surface area contributed by atoms with Gasteiger partial charge in [0.05, 0.1) is 5.92 Å². The minimum atomic E-state index is -0.829. The third-order valence-electron chi connectivity index (χ3n) is 3.70. The number of fused-ring (bicyclic) bond motifs is 2. The van der Waals surface area contributed by atoms with Crippen molar-refractivity contribution in [3.63, 3.8) is 0 Å². The van der Waals surface area contributed by atoms with Gasteiger partial charge in [-0.05, 0) is 25.3 Å². The Kier molecular flexibility index (Phi) is 2.32. The number of hydrogen-bond donors (Lipinski definition) is 0. The van der Waals surface area contributed by atoms with E-state index in [2.05, 4.69) is 19.1 Å². The summed E-state index contributed by atoms with van der Waals surface area (Å²) in [5.74, 6) is -1.44. The van der Waals surface area contributed by atoms with Crippen LogP contribution in [0.5, 0.6) is 0 Å². The SMILES string of the molecule is CC(c1ccccc1)C1C2(C)OOC1(C)OO2. The molecule has 92 valence electrons. The van der Waals surface area contributed by atoms with Crippen LogP contribution >= 0.6 is 0 Å². The van der Waals surface area contributed by atoms with E-state index in [1.165, 1.54) is 5.56 Å². The van der Waals surface area contributed by atoms with Crippen molar-refractivity contribution < 1.29 is 19.6 Å². The van der Waals surface area contributed by atoms with Gasteiger partial charge in [0.25, 0.3) is 0 Å². The van der Waals surface area contributed by atoms with Crippen LogP contribution in [0.15, 0.2) is 30.3 Å². The summed E-state index contributed by atoms with van der Waals surface area (Å²) in [6.07, 6.45) is 0. The maximum Gasteiger partial charge on any atom is 0.240 e. The summed E-state index contributed by atoms with van der Waals surface area (Å²) in [5.41, 5.74) is 1.22. The lowest BCUT2D eigenvalue weighted by Gasteiger charge is -2.25. The minimum Gasteiger partial charge on any atom is -0.195 e. The van der Waals surface area contributed by atoms with Crippen LogP contribution in [-0.2, 0) is 19.6 Å². The molecule has 2 saturated heterocycles. The molecule has 4 heteroatoms. The zero-order chi connectivity index (χ0) is 12.1. The van der Waals surface area contributed by atoms with Gasteiger partial charge in [-0.25, -0.2) is 0 Å². The van der Waals surface area contributed by atoms with Crippen molar-refractivity contribution in [2.45, 2.75) is 38.3 Å². The lowest BCUT2D eigenvalue weighted by atomic mass is 9.78. The van der Waals surface area contributed by atoms with Gasteiger partial charge >= 0.3 is 0 Å². The molecule has 0 N–H and O–H groups in total. The third-order valence-corrected chi connectivity index (χ3v) is 3.70. The summed E-state index contributed by atoms with van der Waals surface area (Å²) in [6.45, 7) is 5.82. The van der Waals surface area contributed by atoms with Gasteiger partial charge in [0.2, 0.25) is 11.6 Å². The fourth-order valence-corrected chi connectivity index (χ4v) is 2.90. The molecule has 0 aliphatic carbocycles. The molecule has 0 saturated carbocycles. The van der Waals surface area contributed by atoms with Gasteiger partial charge in [0.15, 0.2) is 0 Å². The Morgan fingerprint density at radius 1 is 0.941 bits per heavy atom. The Bertz CT molecular complexity index is 391. The van der Waals surface area contributed by atoms with Crippen LogP contribution in [0.1, 0.15) is 32.3 Å². The second-order valence-electron chi connectivity index (χ2n) is 5.04. The monoisotopic (exact) mass is 236 g/mol. The highest BCUT2D eigenvalue weighted by molar-refractivity contribution is 5.21. The highest BCUT2D eigenvalue weighted by Gasteiger charge is 2.67. The second-order valence-corrected chi connectivity index (χ2v) is 5.04. The Morgan fingerprint density at radius 3 is 1.88 bits per heavy atom. The zero-order valence-corrected chi connectivity index (χ0v) is 10.2. The molecule has 2 fully saturated rings. The van der Waals surface area contributed by atoms with E-state index in [0.717, 1.165) is 0 Å². The smallest absolute Gasteiger partial charge is 0.195 e. The molecule has 1 unspecified atom stereocenters. The Hall–Kier alpha value is -0.940. The van der Waals surface area contributed by atoms with Crippen LogP contribution in [0.3, 0.4) is 0 Å². The Labute approximate surface area is 100 Å². The molecule has 4 nitrogen and oxygen atoms in total. The van der Waals surface area contributed by atoms with Gasteiger partial charge in [-0.2, -0.15) is 19.6 Å². The van der Waals surface area contributed by atoms with Gasteiger partial charge in [-0.15, -0.1) is 0 Å². The highest BCUT2D eigenvalue weighted by Crippen LogP contribution is 2.55. The maximum atomic E-state index is 5.25. The summed E-state index contributed by atoms with van der Waals surface area (Å²) < 4.78 is 0. The predicted octanol–water partition coefficient (Wildman–Crippen LogP) is 2.76. The molecule has 1 aromatic rings. The summed E-state index contributed by atoms with van der Waals surface area (Å²) in [4.78, 5) is 21.0. The number of hydrogen-bond acceptors (Lipinski definition) is 4. The molecular formula is C13H16O4. The molecule has 2 aliphatic rings. The summed E-state index contributed by atoms with van der Waals surface area (Å²) >= 11 is 0. The molecule has 2 bridgehead atoms. The molecule has 0 spiro atoms. The van der Waals surface area contributed by atoms with E-state index in [-0.39, 0.29) is 11.8 Å². The van der Waals surface area contributed by atoms with E-state index in [1.54, 1.807) is 0 Å². The topological polar surface area (TPSA) is 36.9 Å². The predicted molar refractivity (Wildman–Crippen MR) is 59.5 cm³/mol. The Balaban J connectivity index is 1.95. The van der Waals surface area contributed by atoms with Crippen LogP contribution < -0.4 is 0 Å². The van der Waals surface area contributed by atoms with Gasteiger partial charge in [-0.1, -0.05) is 37.3 Å². The maximum absolute atomic E-state index is 5.25. The van der Waals surface area contributed by atoms with E-state index in [0.29, 0.717) is 0 Å². The van der Waals surface area contributed by atoms with E-state index < -0.39 is 11.6 Å². The van der Waals surface area contributed by atoms with Crippen LogP contribution in [0.25, 0.3) is 0 Å². The lowest BCUT2D eigenvalue weighted by Crippen LogP contribution is -2.37. The third kappa shape index (κ3) is 1.52. The average molecular weight is 236 g/mol. The standard InChI is InChI=1S/C13H16O4/c1-9(10-7-5-4-6-8-10)11-12(2)14-16-13(11,3)17-15-12/h4-9,11H,1-3H3. The zero-order valence-electron chi connectivity index (χ0n) is 10.2. The molecule has 2 aliphatic heterocycles. The van der Waals surface area contributed by atoms with Crippen molar-refractivity contribution in [1.29, 1.82) is 0 Å². The van der Waals surface area contributed by atoms with Gasteiger partial charge in [0, 0.05) is 0 Å². The summed E-state index contributed by atoms with van der Waals surface area (Å²) in [6, 6.07) is 10.2. The van der Waals surface area contributed by atoms with Gasteiger partial charge in [0.1, 0.15) is 0 Å². The van der Waals surface area contributed by atoms with Gasteiger partial charge < -0.3 is 0 Å². The summed E-state index contributed by atoms with van der Waals surface area (Å²) in [7, 11) is 0. The van der Waals surface area contributed by atoms with Crippen LogP contribution in [0.4, 0.5) is 0 Å². The quantitative estimate of drug-likeness (QED) is 0.740. The highest BCUT2D eigenvalue weighted by atomic mass is 17.4. The average Bonchev–Trinajstić information content (AvgIpc) is 2.75. The van der Waals surface area contributed by atoms with Crippen molar-refractivity contribution >= 4 is 0 Å². The first-order chi connectivity index (χ1) is 8.05. The molecule has 2 heterocycles. The van der Waals surface area contributed by atoms with Crippen LogP contribution in [0, 0.1) is 5.92 Å². The van der Waals surface area contributed by atoms with Crippen LogP contribution in [0.2, 0.25) is 0 Å². The van der Waals surface area contributed by atoms with Crippen molar-refractivity contribution in [2.24, 2.45) is 5.92 Å². The van der Waals surface area contributed by atoms with Crippen molar-refractivity contribution in [1.82, 2.24) is 0 Å². The van der Waals surface area contributed by atoms with Crippen molar-refractivity contribution in [3.05, 3.63) is 35.9 Å². The lowest BCUT2D eigenvalue weighted by molar-refractivity contribution is -0.583. The first kappa shape index (κ1) is 11.2. The molecule has 0 radical (unpaired) electrons. The first-order valence-corrected chi connectivity index (χ1v) is 5.84. The van der Waals surface area contributed by atoms with E-state index in [1.807, 2.05) is 32.0 Å². The number of rotatable bonds is 2. The van der Waals surface area contributed by atoms with E-state index in [9.17, 15) is 0 Å². The minimum absolute atomic E-state index is 0.00241. The fourth-order valence-electron chi connectivity index (χ4n) is 2.90. The van der Waals surface area contributed by atoms with Crippen molar-refractivity contribution in [2.75, 3.05) is 0 Å². The number of benzene rings is 1. The first-order valence-electron chi connectivity index (χ1n) is 5.84. The van der Waals surface area contributed by atoms with E-state index in [4.69, 9.17) is 19.6 Å². The van der Waals surface area contributed by atoms with Crippen molar-refractivity contribution in [3.8, 4) is 0 Å². The van der Waals surface area contributed by atoms with Crippen LogP contribution in [-0.4, -0.2) is 11.6 Å². The van der Waals surface area contributed by atoms with E-state index >= 15 is 0 Å². The molecular weight excluding hydrogens is 220 g/mol. The normalized spacial score (nSPS) is 41.7. The molecule has 1 atom stereocenters. The van der Waals surface area contributed by atoms with Gasteiger partial charge in [-0.3, -0.25) is 0 Å². The molecule has 17 heavy (non-hydrogen) atoms.